The zero-order chi connectivity index (χ0) is 18.1. The molecule has 0 bridgehead atoms. The maximum atomic E-state index is 12.4. The lowest BCUT2D eigenvalue weighted by molar-refractivity contribution is 0.0457. The van der Waals surface area contributed by atoms with Crippen LogP contribution in [0.5, 0.6) is 0 Å². The maximum absolute atomic E-state index is 12.4. The van der Waals surface area contributed by atoms with Crippen molar-refractivity contribution in [3.63, 3.8) is 0 Å². The van der Waals surface area contributed by atoms with Crippen molar-refractivity contribution in [2.75, 3.05) is 0 Å². The largest absolute Gasteiger partial charge is 0.454 e. The fraction of sp³-hybridized carbons (Fsp3) is 0.368. The molecule has 3 aromatic rings. The minimum atomic E-state index is -0.356. The molecule has 1 fully saturated rings. The molecule has 0 aliphatic heterocycles. The number of carbonyl (C=O) groups is 1. The molecule has 0 saturated heterocycles. The molecule has 1 aromatic carbocycles. The lowest BCUT2D eigenvalue weighted by Crippen LogP contribution is -2.10. The number of ether oxygens (including phenoxy) is 1. The fourth-order valence-corrected chi connectivity index (χ4v) is 3.05. The molecule has 2 aromatic heterocycles. The molecular weight excluding hydrogens is 330 g/mol. The van der Waals surface area contributed by atoms with Gasteiger partial charge in [-0.3, -0.25) is 4.68 Å². The molecule has 2 heterocycles. The average molecular weight is 351 g/mol. The zero-order valence-electron chi connectivity index (χ0n) is 14.9. The molecule has 1 aliphatic rings. The summed E-state index contributed by atoms with van der Waals surface area (Å²) in [6, 6.07) is 9.96. The van der Waals surface area contributed by atoms with Gasteiger partial charge in [-0.2, -0.15) is 5.10 Å². The summed E-state index contributed by atoms with van der Waals surface area (Å²) in [6.07, 6.45) is 3.97. The van der Waals surface area contributed by atoms with Gasteiger partial charge in [0, 0.05) is 11.7 Å². The van der Waals surface area contributed by atoms with E-state index in [0.717, 1.165) is 29.8 Å². The highest BCUT2D eigenvalue weighted by molar-refractivity contribution is 5.89. The second-order valence-corrected chi connectivity index (χ2v) is 6.75. The Morgan fingerprint density at radius 3 is 2.85 bits per heavy atom. The van der Waals surface area contributed by atoms with E-state index in [2.05, 4.69) is 15.3 Å². The molecule has 0 radical (unpaired) electrons. The fourth-order valence-electron chi connectivity index (χ4n) is 3.05. The van der Waals surface area contributed by atoms with Crippen LogP contribution >= 0.6 is 0 Å². The average Bonchev–Trinajstić information content (AvgIpc) is 3.28. The topological polar surface area (TPSA) is 74.8 Å². The molecule has 4 rings (SSSR count). The molecule has 1 saturated carbocycles. The van der Waals surface area contributed by atoms with Crippen molar-refractivity contribution < 1.29 is 9.53 Å². The van der Waals surface area contributed by atoms with Crippen LogP contribution < -0.4 is 0 Å². The molecule has 0 N–H and O–H groups in total. The summed E-state index contributed by atoms with van der Waals surface area (Å²) in [4.78, 5) is 12.4. The van der Waals surface area contributed by atoms with Crippen molar-refractivity contribution in [1.82, 2.24) is 24.5 Å². The van der Waals surface area contributed by atoms with Crippen molar-refractivity contribution in [3.8, 4) is 0 Å². The summed E-state index contributed by atoms with van der Waals surface area (Å²) in [5.74, 6) is 0.338. The van der Waals surface area contributed by atoms with Gasteiger partial charge < -0.3 is 9.30 Å². The Hall–Kier alpha value is -2.96. The third kappa shape index (κ3) is 3.51. The molecule has 7 heteroatoms. The minimum Gasteiger partial charge on any atom is -0.454 e. The van der Waals surface area contributed by atoms with Crippen LogP contribution in [0.3, 0.4) is 0 Å². The van der Waals surface area contributed by atoms with Gasteiger partial charge in [-0.25, -0.2) is 4.79 Å². The van der Waals surface area contributed by atoms with Gasteiger partial charge in [-0.05, 0) is 50.5 Å². The van der Waals surface area contributed by atoms with Crippen LogP contribution in [0.2, 0.25) is 0 Å². The number of aryl methyl sites for hydroxylation is 2. The summed E-state index contributed by atoms with van der Waals surface area (Å²) in [6.45, 7) is 4.75. The van der Waals surface area contributed by atoms with Crippen LogP contribution in [-0.4, -0.2) is 30.5 Å². The Kier molecular flexibility index (Phi) is 4.28. The Labute approximate surface area is 151 Å². The molecule has 1 aliphatic carbocycles. The van der Waals surface area contributed by atoms with Crippen molar-refractivity contribution in [2.45, 2.75) is 45.9 Å². The summed E-state index contributed by atoms with van der Waals surface area (Å²) in [5, 5.41) is 12.4. The number of esters is 1. The summed E-state index contributed by atoms with van der Waals surface area (Å²) in [5.41, 5.74) is 3.61. The third-order valence-electron chi connectivity index (χ3n) is 4.52. The molecule has 0 atom stereocenters. The van der Waals surface area contributed by atoms with E-state index in [1.165, 1.54) is 0 Å². The number of benzene rings is 1. The monoisotopic (exact) mass is 351 g/mol. The van der Waals surface area contributed by atoms with E-state index in [9.17, 15) is 4.79 Å². The highest BCUT2D eigenvalue weighted by Gasteiger charge is 2.26. The van der Waals surface area contributed by atoms with Crippen molar-refractivity contribution in [2.24, 2.45) is 0 Å². The zero-order valence-corrected chi connectivity index (χ0v) is 14.9. The molecule has 7 nitrogen and oxygen atoms in total. The minimum absolute atomic E-state index is 0.136. The highest BCUT2D eigenvalue weighted by atomic mass is 16.5. The summed E-state index contributed by atoms with van der Waals surface area (Å²) < 4.78 is 9.36. The Morgan fingerprint density at radius 2 is 2.12 bits per heavy atom. The first kappa shape index (κ1) is 16.5. The van der Waals surface area contributed by atoms with E-state index in [0.29, 0.717) is 24.0 Å². The lowest BCUT2D eigenvalue weighted by atomic mass is 10.1. The van der Waals surface area contributed by atoms with Crippen LogP contribution in [-0.2, 0) is 17.9 Å². The standard InChI is InChI=1S/C19H21N5O2/c1-13-8-14(2)24(22-13)10-15-4-3-5-16(9-15)19(25)26-11-18-21-20-12-23(18)17-6-7-17/h3-5,8-9,12,17H,6-7,10-11H2,1-2H3. The normalized spacial score (nSPS) is 13.8. The van der Waals surface area contributed by atoms with Gasteiger partial charge in [0.2, 0.25) is 0 Å². The third-order valence-corrected chi connectivity index (χ3v) is 4.52. The van der Waals surface area contributed by atoms with Gasteiger partial charge >= 0.3 is 5.97 Å². The lowest BCUT2D eigenvalue weighted by Gasteiger charge is -2.08. The predicted molar refractivity (Wildman–Crippen MR) is 94.7 cm³/mol. The molecule has 0 spiro atoms. The van der Waals surface area contributed by atoms with Crippen molar-refractivity contribution in [1.29, 1.82) is 0 Å². The number of aromatic nitrogens is 5. The van der Waals surface area contributed by atoms with Crippen molar-refractivity contribution in [3.05, 3.63) is 65.0 Å². The van der Waals surface area contributed by atoms with Crippen LogP contribution in [0, 0.1) is 13.8 Å². The first-order valence-electron chi connectivity index (χ1n) is 8.75. The smallest absolute Gasteiger partial charge is 0.338 e. The van der Waals surface area contributed by atoms with Crippen molar-refractivity contribution >= 4 is 5.97 Å². The SMILES string of the molecule is Cc1cc(C)n(Cc2cccc(C(=O)OCc3nncn3C3CC3)c2)n1. The van der Waals surface area contributed by atoms with E-state index >= 15 is 0 Å². The number of nitrogens with zero attached hydrogens (tertiary/aromatic N) is 5. The second-order valence-electron chi connectivity index (χ2n) is 6.75. The summed E-state index contributed by atoms with van der Waals surface area (Å²) >= 11 is 0. The van der Waals surface area contributed by atoms with Gasteiger partial charge in [-0.15, -0.1) is 10.2 Å². The van der Waals surface area contributed by atoms with Crippen LogP contribution in [0.4, 0.5) is 0 Å². The van der Waals surface area contributed by atoms with Gasteiger partial charge in [0.25, 0.3) is 0 Å². The first-order chi connectivity index (χ1) is 12.6. The highest BCUT2D eigenvalue weighted by Crippen LogP contribution is 2.35. The Balaban J connectivity index is 1.43. The Morgan fingerprint density at radius 1 is 1.27 bits per heavy atom. The van der Waals surface area contributed by atoms with Gasteiger partial charge in [-0.1, -0.05) is 12.1 Å². The number of rotatable bonds is 6. The molecular formula is C19H21N5O2. The number of hydrogen-bond acceptors (Lipinski definition) is 5. The number of carbonyl (C=O) groups excluding carboxylic acids is 1. The number of hydrogen-bond donors (Lipinski definition) is 0. The Bertz CT molecular complexity index is 939. The molecule has 134 valence electrons. The maximum Gasteiger partial charge on any atom is 0.338 e. The van der Waals surface area contributed by atoms with E-state index in [4.69, 9.17) is 4.74 Å². The first-order valence-corrected chi connectivity index (χ1v) is 8.75. The van der Waals surface area contributed by atoms with Crippen LogP contribution in [0.15, 0.2) is 36.7 Å². The molecule has 0 unspecified atom stereocenters. The predicted octanol–water partition coefficient (Wildman–Crippen LogP) is 2.83. The van der Waals surface area contributed by atoms with E-state index < -0.39 is 0 Å². The summed E-state index contributed by atoms with van der Waals surface area (Å²) in [7, 11) is 0. The quantitative estimate of drug-likeness (QED) is 0.638. The van der Waals surface area contributed by atoms with Gasteiger partial charge in [0.1, 0.15) is 6.33 Å². The van der Waals surface area contributed by atoms with E-state index in [-0.39, 0.29) is 12.6 Å². The van der Waals surface area contributed by atoms with Gasteiger partial charge in [0.05, 0.1) is 17.8 Å². The second kappa shape index (κ2) is 6.74. The van der Waals surface area contributed by atoms with Gasteiger partial charge in [0.15, 0.2) is 12.4 Å². The van der Waals surface area contributed by atoms with Crippen LogP contribution in [0.1, 0.15) is 52.0 Å². The van der Waals surface area contributed by atoms with E-state index in [1.54, 1.807) is 12.4 Å². The van der Waals surface area contributed by atoms with E-state index in [1.807, 2.05) is 47.4 Å². The van der Waals surface area contributed by atoms with Crippen LogP contribution in [0.25, 0.3) is 0 Å². The molecule has 26 heavy (non-hydrogen) atoms. The molecule has 0 amide bonds.